The highest BCUT2D eigenvalue weighted by Crippen LogP contribution is 2.14. The van der Waals surface area contributed by atoms with Crippen molar-refractivity contribution in [3.63, 3.8) is 0 Å². The zero-order valence-electron chi connectivity index (χ0n) is 15.5. The van der Waals surface area contributed by atoms with Gasteiger partial charge >= 0.3 is 0 Å². The fourth-order valence-corrected chi connectivity index (χ4v) is 3.02. The van der Waals surface area contributed by atoms with Crippen molar-refractivity contribution in [3.05, 3.63) is 35.4 Å². The van der Waals surface area contributed by atoms with Crippen molar-refractivity contribution < 1.29 is 23.2 Å². The summed E-state index contributed by atoms with van der Waals surface area (Å²) < 4.78 is 26.3. The molecule has 3 N–H and O–H groups in total. The highest BCUT2D eigenvalue weighted by atomic mass is 19.1. The predicted molar refractivity (Wildman–Crippen MR) is 95.9 cm³/mol. The highest BCUT2D eigenvalue weighted by Gasteiger charge is 2.29. The number of hydrogen-bond acceptors (Lipinski definition) is 4. The van der Waals surface area contributed by atoms with E-state index in [1.165, 1.54) is 0 Å². The Labute approximate surface area is 157 Å². The van der Waals surface area contributed by atoms with Crippen molar-refractivity contribution in [1.29, 1.82) is 0 Å². The molecule has 0 spiro atoms. The van der Waals surface area contributed by atoms with E-state index >= 15 is 0 Å². The molecule has 0 aromatic heterocycles. The Morgan fingerprint density at radius 2 is 1.93 bits per heavy atom. The summed E-state index contributed by atoms with van der Waals surface area (Å²) in [6.45, 7) is 3.97. The lowest BCUT2D eigenvalue weighted by atomic mass is 9.97. The molecule has 1 heterocycles. The van der Waals surface area contributed by atoms with Crippen LogP contribution in [0.5, 0.6) is 0 Å². The van der Waals surface area contributed by atoms with Crippen LogP contribution in [0.1, 0.15) is 32.3 Å². The van der Waals surface area contributed by atoms with Gasteiger partial charge in [0.2, 0.25) is 11.8 Å². The van der Waals surface area contributed by atoms with Crippen molar-refractivity contribution in [2.75, 3.05) is 13.1 Å². The van der Waals surface area contributed by atoms with Gasteiger partial charge in [-0.05, 0) is 43.4 Å². The molecule has 0 saturated carbocycles. The molecule has 3 atom stereocenters. The summed E-state index contributed by atoms with van der Waals surface area (Å²) in [5.41, 5.74) is 0.236. The first-order chi connectivity index (χ1) is 12.8. The number of rotatable bonds is 7. The molecule has 1 aromatic carbocycles. The number of nitrogens with one attached hydrogen (secondary N) is 3. The summed E-state index contributed by atoms with van der Waals surface area (Å²) in [4.78, 5) is 36.4. The molecule has 1 aliphatic heterocycles. The standard InChI is InChI=1S/C19H25F2N3O3/c1-11-4-3-5-22-19(27)17(11)24-18(26)12(2)23-10-16(25)8-13-6-14(20)9-15(21)7-13/h6-7,9,11-12,17,23H,3-5,8,10H2,1-2H3,(H,22,27)(H,24,26). The summed E-state index contributed by atoms with van der Waals surface area (Å²) in [6.07, 6.45) is 1.55. The van der Waals surface area contributed by atoms with E-state index in [9.17, 15) is 23.2 Å². The Balaban J connectivity index is 1.83. The average Bonchev–Trinajstić information content (AvgIpc) is 2.74. The molecular weight excluding hydrogens is 356 g/mol. The number of benzene rings is 1. The van der Waals surface area contributed by atoms with E-state index in [0.29, 0.717) is 6.54 Å². The van der Waals surface area contributed by atoms with Gasteiger partial charge in [0.15, 0.2) is 5.78 Å². The van der Waals surface area contributed by atoms with Gasteiger partial charge in [-0.1, -0.05) is 6.92 Å². The Kier molecular flexibility index (Phi) is 7.41. The van der Waals surface area contributed by atoms with Gasteiger partial charge in [-0.2, -0.15) is 0 Å². The summed E-state index contributed by atoms with van der Waals surface area (Å²) in [6, 6.07) is 1.65. The first kappa shape index (κ1) is 21.0. The molecule has 6 nitrogen and oxygen atoms in total. The molecular formula is C19H25F2N3O3. The topological polar surface area (TPSA) is 87.3 Å². The van der Waals surface area contributed by atoms with Crippen LogP contribution in [-0.4, -0.2) is 42.8 Å². The number of halogens is 2. The minimum atomic E-state index is -0.741. The molecule has 148 valence electrons. The number of carbonyl (C=O) groups is 3. The van der Waals surface area contributed by atoms with Gasteiger partial charge in [0.1, 0.15) is 17.7 Å². The third-order valence-electron chi connectivity index (χ3n) is 4.61. The van der Waals surface area contributed by atoms with Crippen LogP contribution in [-0.2, 0) is 20.8 Å². The maximum atomic E-state index is 13.2. The lowest BCUT2D eigenvalue weighted by molar-refractivity contribution is -0.130. The summed E-state index contributed by atoms with van der Waals surface area (Å²) in [7, 11) is 0. The summed E-state index contributed by atoms with van der Waals surface area (Å²) in [5.74, 6) is -2.35. The van der Waals surface area contributed by atoms with Gasteiger partial charge in [-0.3, -0.25) is 19.7 Å². The lowest BCUT2D eigenvalue weighted by Gasteiger charge is -2.23. The fourth-order valence-electron chi connectivity index (χ4n) is 3.02. The van der Waals surface area contributed by atoms with E-state index in [1.807, 2.05) is 6.92 Å². The quantitative estimate of drug-likeness (QED) is 0.660. The maximum Gasteiger partial charge on any atom is 0.242 e. The Hall–Kier alpha value is -2.35. The van der Waals surface area contributed by atoms with Gasteiger partial charge in [0.25, 0.3) is 0 Å². The second kappa shape index (κ2) is 9.55. The van der Waals surface area contributed by atoms with Crippen LogP contribution < -0.4 is 16.0 Å². The van der Waals surface area contributed by atoms with Gasteiger partial charge < -0.3 is 10.6 Å². The van der Waals surface area contributed by atoms with Gasteiger partial charge in [0.05, 0.1) is 12.6 Å². The van der Waals surface area contributed by atoms with Crippen LogP contribution in [0.25, 0.3) is 0 Å². The predicted octanol–water partition coefficient (Wildman–Crippen LogP) is 1.09. The number of Topliss-reactive ketones (excluding diaryl/α,β-unsaturated/α-hetero) is 1. The smallest absolute Gasteiger partial charge is 0.242 e. The van der Waals surface area contributed by atoms with Crippen molar-refractivity contribution in [2.24, 2.45) is 5.92 Å². The highest BCUT2D eigenvalue weighted by molar-refractivity contribution is 5.90. The molecule has 1 aromatic rings. The van der Waals surface area contributed by atoms with Gasteiger partial charge in [-0.15, -0.1) is 0 Å². The van der Waals surface area contributed by atoms with Crippen LogP contribution in [0.3, 0.4) is 0 Å². The molecule has 1 saturated heterocycles. The molecule has 0 bridgehead atoms. The van der Waals surface area contributed by atoms with E-state index in [2.05, 4.69) is 16.0 Å². The third kappa shape index (κ3) is 6.39. The van der Waals surface area contributed by atoms with Crippen LogP contribution in [0.4, 0.5) is 8.78 Å². The van der Waals surface area contributed by atoms with E-state index in [0.717, 1.165) is 31.0 Å². The molecule has 0 radical (unpaired) electrons. The number of hydrogen-bond donors (Lipinski definition) is 3. The lowest BCUT2D eigenvalue weighted by Crippen LogP contribution is -2.54. The van der Waals surface area contributed by atoms with Gasteiger partial charge in [0, 0.05) is 19.0 Å². The summed E-state index contributed by atoms with van der Waals surface area (Å²) >= 11 is 0. The fraction of sp³-hybridized carbons (Fsp3) is 0.526. The zero-order chi connectivity index (χ0) is 20.0. The van der Waals surface area contributed by atoms with E-state index in [4.69, 9.17) is 0 Å². The molecule has 27 heavy (non-hydrogen) atoms. The zero-order valence-corrected chi connectivity index (χ0v) is 15.5. The monoisotopic (exact) mass is 381 g/mol. The third-order valence-corrected chi connectivity index (χ3v) is 4.61. The van der Waals surface area contributed by atoms with Crippen LogP contribution in [0.2, 0.25) is 0 Å². The molecule has 8 heteroatoms. The Bertz CT molecular complexity index is 691. The van der Waals surface area contributed by atoms with Crippen LogP contribution in [0, 0.1) is 17.6 Å². The minimum Gasteiger partial charge on any atom is -0.354 e. The second-order valence-corrected chi connectivity index (χ2v) is 6.99. The molecule has 2 rings (SSSR count). The van der Waals surface area contributed by atoms with E-state index in [-0.39, 0.29) is 42.0 Å². The van der Waals surface area contributed by atoms with Crippen LogP contribution >= 0.6 is 0 Å². The molecule has 1 fully saturated rings. The average molecular weight is 381 g/mol. The number of carbonyl (C=O) groups excluding carboxylic acids is 3. The minimum absolute atomic E-state index is 0.0214. The van der Waals surface area contributed by atoms with E-state index in [1.54, 1.807) is 6.92 Å². The van der Waals surface area contributed by atoms with E-state index < -0.39 is 23.7 Å². The normalized spacial score (nSPS) is 21.1. The molecule has 3 unspecified atom stereocenters. The van der Waals surface area contributed by atoms with Gasteiger partial charge in [-0.25, -0.2) is 8.78 Å². The van der Waals surface area contributed by atoms with Crippen molar-refractivity contribution in [3.8, 4) is 0 Å². The number of amides is 2. The first-order valence-electron chi connectivity index (χ1n) is 9.04. The molecule has 0 aliphatic carbocycles. The SMILES string of the molecule is CC(NCC(=O)Cc1cc(F)cc(F)c1)C(=O)NC1C(=O)NCCCC1C. The van der Waals surface area contributed by atoms with Crippen LogP contribution in [0.15, 0.2) is 18.2 Å². The van der Waals surface area contributed by atoms with Crippen molar-refractivity contribution >= 4 is 17.6 Å². The second-order valence-electron chi connectivity index (χ2n) is 6.99. The maximum absolute atomic E-state index is 13.2. The number of ketones is 1. The Morgan fingerprint density at radius 1 is 1.26 bits per heavy atom. The summed E-state index contributed by atoms with van der Waals surface area (Å²) in [5, 5.41) is 8.27. The molecule has 2 amide bonds. The van der Waals surface area contributed by atoms with Crippen molar-refractivity contribution in [1.82, 2.24) is 16.0 Å². The molecule has 1 aliphatic rings. The van der Waals surface area contributed by atoms with Crippen molar-refractivity contribution in [2.45, 2.75) is 45.2 Å². The largest absolute Gasteiger partial charge is 0.354 e. The Morgan fingerprint density at radius 3 is 2.59 bits per heavy atom. The first-order valence-corrected chi connectivity index (χ1v) is 9.04.